The minimum atomic E-state index is -0.571. The monoisotopic (exact) mass is 295 g/mol. The molecule has 120 valence electrons. The molecule has 1 aromatic rings. The number of rotatable bonds is 9. The van der Waals surface area contributed by atoms with Crippen LogP contribution in [0.4, 0.5) is 0 Å². The summed E-state index contributed by atoms with van der Waals surface area (Å²) in [6.07, 6.45) is 0.415. The number of aliphatic hydroxyl groups excluding tert-OH is 1. The van der Waals surface area contributed by atoms with Crippen LogP contribution in [0.25, 0.3) is 0 Å². The Morgan fingerprint density at radius 2 is 2.00 bits per heavy atom. The lowest BCUT2D eigenvalue weighted by molar-refractivity contribution is 0.139. The normalized spacial score (nSPS) is 13.2. The molecule has 0 heterocycles. The van der Waals surface area contributed by atoms with E-state index in [1.165, 1.54) is 0 Å². The van der Waals surface area contributed by atoms with Gasteiger partial charge < -0.3 is 19.9 Å². The van der Waals surface area contributed by atoms with Crippen LogP contribution in [0.1, 0.15) is 37.5 Å². The second-order valence-electron chi connectivity index (χ2n) is 6.30. The molecule has 0 aliphatic rings. The van der Waals surface area contributed by atoms with Gasteiger partial charge in [0.15, 0.2) is 0 Å². The molecule has 2 N–H and O–H groups in total. The lowest BCUT2D eigenvalue weighted by Gasteiger charge is -2.25. The molecule has 21 heavy (non-hydrogen) atoms. The minimum Gasteiger partial charge on any atom is -0.496 e. The van der Waals surface area contributed by atoms with Gasteiger partial charge in [0.1, 0.15) is 5.75 Å². The van der Waals surface area contributed by atoms with Crippen LogP contribution in [-0.2, 0) is 4.74 Å². The Morgan fingerprint density at radius 1 is 1.29 bits per heavy atom. The van der Waals surface area contributed by atoms with E-state index in [2.05, 4.69) is 19.2 Å². The number of ether oxygens (including phenoxy) is 2. The molecule has 0 amide bonds. The van der Waals surface area contributed by atoms with E-state index in [4.69, 9.17) is 9.47 Å². The molecular formula is C17H29NO3. The van der Waals surface area contributed by atoms with Gasteiger partial charge in [-0.15, -0.1) is 0 Å². The van der Waals surface area contributed by atoms with Crippen molar-refractivity contribution >= 4 is 0 Å². The summed E-state index contributed by atoms with van der Waals surface area (Å²) in [7, 11) is 3.35. The second kappa shape index (κ2) is 8.37. The SMILES string of the molecule is COCCC(C)(C)CNCC(O)c1cc(C)ccc1OC. The first-order valence-electron chi connectivity index (χ1n) is 7.42. The highest BCUT2D eigenvalue weighted by Gasteiger charge is 2.19. The van der Waals surface area contributed by atoms with Crippen molar-refractivity contribution in [1.82, 2.24) is 5.32 Å². The molecule has 0 aromatic heterocycles. The fraction of sp³-hybridized carbons (Fsp3) is 0.647. The Bertz CT molecular complexity index is 432. The molecule has 0 aliphatic carbocycles. The van der Waals surface area contributed by atoms with Crippen molar-refractivity contribution in [2.24, 2.45) is 5.41 Å². The predicted octanol–water partition coefficient (Wildman–Crippen LogP) is 2.69. The van der Waals surface area contributed by atoms with E-state index in [1.54, 1.807) is 14.2 Å². The molecule has 4 heteroatoms. The van der Waals surface area contributed by atoms with Crippen LogP contribution in [0.15, 0.2) is 18.2 Å². The van der Waals surface area contributed by atoms with Crippen molar-refractivity contribution in [3.8, 4) is 5.75 Å². The molecule has 1 rings (SSSR count). The van der Waals surface area contributed by atoms with E-state index in [0.29, 0.717) is 6.54 Å². The van der Waals surface area contributed by atoms with E-state index in [0.717, 1.165) is 36.4 Å². The summed E-state index contributed by atoms with van der Waals surface area (Å²) in [6.45, 7) is 8.50. The number of aryl methyl sites for hydroxylation is 1. The third-order valence-electron chi connectivity index (χ3n) is 3.67. The second-order valence-corrected chi connectivity index (χ2v) is 6.30. The first kappa shape index (κ1) is 18.0. The quantitative estimate of drug-likeness (QED) is 0.735. The smallest absolute Gasteiger partial charge is 0.124 e. The summed E-state index contributed by atoms with van der Waals surface area (Å²) in [4.78, 5) is 0. The number of methoxy groups -OCH3 is 2. The van der Waals surface area contributed by atoms with Crippen LogP contribution in [-0.4, -0.2) is 39.0 Å². The van der Waals surface area contributed by atoms with Crippen LogP contribution in [0.3, 0.4) is 0 Å². The fourth-order valence-electron chi connectivity index (χ4n) is 2.24. The molecule has 0 fully saturated rings. The van der Waals surface area contributed by atoms with E-state index < -0.39 is 6.10 Å². The van der Waals surface area contributed by atoms with E-state index in [1.807, 2.05) is 25.1 Å². The van der Waals surface area contributed by atoms with Crippen LogP contribution >= 0.6 is 0 Å². The van der Waals surface area contributed by atoms with Gasteiger partial charge in [-0.25, -0.2) is 0 Å². The number of hydrogen-bond donors (Lipinski definition) is 2. The lowest BCUT2D eigenvalue weighted by atomic mass is 9.89. The van der Waals surface area contributed by atoms with Crippen molar-refractivity contribution in [3.63, 3.8) is 0 Å². The topological polar surface area (TPSA) is 50.7 Å². The number of benzene rings is 1. The van der Waals surface area contributed by atoms with Crippen molar-refractivity contribution < 1.29 is 14.6 Å². The van der Waals surface area contributed by atoms with Gasteiger partial charge in [0.25, 0.3) is 0 Å². The zero-order chi connectivity index (χ0) is 15.9. The number of nitrogens with one attached hydrogen (secondary N) is 1. The van der Waals surface area contributed by atoms with Gasteiger partial charge in [-0.05, 0) is 30.9 Å². The van der Waals surface area contributed by atoms with Gasteiger partial charge >= 0.3 is 0 Å². The van der Waals surface area contributed by atoms with Gasteiger partial charge in [-0.2, -0.15) is 0 Å². The Hall–Kier alpha value is -1.10. The summed E-state index contributed by atoms with van der Waals surface area (Å²) in [5.74, 6) is 0.730. The van der Waals surface area contributed by atoms with Crippen molar-refractivity contribution in [2.75, 3.05) is 33.9 Å². The van der Waals surface area contributed by atoms with Gasteiger partial charge in [-0.3, -0.25) is 0 Å². The molecule has 0 bridgehead atoms. The molecule has 1 aromatic carbocycles. The van der Waals surface area contributed by atoms with Crippen LogP contribution in [0.5, 0.6) is 5.75 Å². The highest BCUT2D eigenvalue weighted by molar-refractivity contribution is 5.38. The number of aliphatic hydroxyl groups is 1. The minimum absolute atomic E-state index is 0.145. The summed E-state index contributed by atoms with van der Waals surface area (Å²) < 4.78 is 10.4. The number of hydrogen-bond acceptors (Lipinski definition) is 4. The zero-order valence-corrected chi connectivity index (χ0v) is 13.9. The molecular weight excluding hydrogens is 266 g/mol. The Balaban J connectivity index is 2.54. The van der Waals surface area contributed by atoms with Crippen LogP contribution in [0, 0.1) is 12.3 Å². The van der Waals surface area contributed by atoms with Crippen molar-refractivity contribution in [2.45, 2.75) is 33.3 Å². The predicted molar refractivity (Wildman–Crippen MR) is 85.8 cm³/mol. The summed E-state index contributed by atoms with van der Waals surface area (Å²) in [5.41, 5.74) is 2.09. The van der Waals surface area contributed by atoms with Gasteiger partial charge in [0, 0.05) is 32.4 Å². The summed E-state index contributed by atoms with van der Waals surface area (Å²) in [5, 5.41) is 13.7. The average molecular weight is 295 g/mol. The van der Waals surface area contributed by atoms with E-state index >= 15 is 0 Å². The van der Waals surface area contributed by atoms with E-state index in [9.17, 15) is 5.11 Å². The largest absolute Gasteiger partial charge is 0.496 e. The maximum atomic E-state index is 10.4. The third kappa shape index (κ3) is 6.04. The third-order valence-corrected chi connectivity index (χ3v) is 3.67. The maximum absolute atomic E-state index is 10.4. The Kier molecular flexibility index (Phi) is 7.15. The van der Waals surface area contributed by atoms with Gasteiger partial charge in [0.2, 0.25) is 0 Å². The lowest BCUT2D eigenvalue weighted by Crippen LogP contribution is -2.33. The van der Waals surface area contributed by atoms with E-state index in [-0.39, 0.29) is 5.41 Å². The highest BCUT2D eigenvalue weighted by atomic mass is 16.5. The first-order valence-corrected chi connectivity index (χ1v) is 7.42. The molecule has 0 spiro atoms. The molecule has 0 saturated carbocycles. The van der Waals surface area contributed by atoms with Gasteiger partial charge in [-0.1, -0.05) is 25.5 Å². The fourth-order valence-corrected chi connectivity index (χ4v) is 2.24. The summed E-state index contributed by atoms with van der Waals surface area (Å²) in [6, 6.07) is 5.86. The van der Waals surface area contributed by atoms with Crippen LogP contribution < -0.4 is 10.1 Å². The summed E-state index contributed by atoms with van der Waals surface area (Å²) >= 11 is 0. The maximum Gasteiger partial charge on any atom is 0.124 e. The van der Waals surface area contributed by atoms with Crippen molar-refractivity contribution in [1.29, 1.82) is 0 Å². The zero-order valence-electron chi connectivity index (χ0n) is 13.9. The molecule has 0 radical (unpaired) electrons. The molecule has 1 atom stereocenters. The van der Waals surface area contributed by atoms with Crippen molar-refractivity contribution in [3.05, 3.63) is 29.3 Å². The Labute approximate surface area is 128 Å². The molecule has 4 nitrogen and oxygen atoms in total. The van der Waals surface area contributed by atoms with Crippen LogP contribution in [0.2, 0.25) is 0 Å². The molecule has 1 unspecified atom stereocenters. The van der Waals surface area contributed by atoms with Gasteiger partial charge in [0.05, 0.1) is 13.2 Å². The standard InChI is InChI=1S/C17H29NO3/c1-13-6-7-16(21-5)14(10-13)15(19)11-18-12-17(2,3)8-9-20-4/h6-7,10,15,18-19H,8-9,11-12H2,1-5H3. The molecule has 0 saturated heterocycles. The highest BCUT2D eigenvalue weighted by Crippen LogP contribution is 2.26. The average Bonchev–Trinajstić information content (AvgIpc) is 2.44. The first-order chi connectivity index (χ1) is 9.89. The Morgan fingerprint density at radius 3 is 2.62 bits per heavy atom. The molecule has 0 aliphatic heterocycles.